The van der Waals surface area contributed by atoms with E-state index in [0.29, 0.717) is 6.61 Å². The molecule has 2 atom stereocenters. The minimum absolute atomic E-state index is 0.198. The van der Waals surface area contributed by atoms with Crippen molar-refractivity contribution in [1.82, 2.24) is 9.55 Å². The summed E-state index contributed by atoms with van der Waals surface area (Å²) >= 11 is 0. The van der Waals surface area contributed by atoms with Crippen LogP contribution in [0.4, 0.5) is 0 Å². The number of aryl methyl sites for hydroxylation is 1. The van der Waals surface area contributed by atoms with Crippen molar-refractivity contribution in [3.63, 3.8) is 0 Å². The van der Waals surface area contributed by atoms with Crippen LogP contribution in [0.25, 0.3) is 0 Å². The Morgan fingerprint density at radius 3 is 3.27 bits per heavy atom. The molecule has 0 spiro atoms. The Morgan fingerprint density at radius 2 is 2.53 bits per heavy atom. The summed E-state index contributed by atoms with van der Waals surface area (Å²) in [6, 6.07) is 0.464. The minimum Gasteiger partial charge on any atom is -0.379 e. The van der Waals surface area contributed by atoms with Gasteiger partial charge >= 0.3 is 0 Å². The number of nitrogens with zero attached hydrogens (tertiary/aromatic N) is 2. The Labute approximate surface area is 90.4 Å². The van der Waals surface area contributed by atoms with Gasteiger partial charge < -0.3 is 15.0 Å². The normalized spacial score (nSPS) is 26.8. The molecule has 0 saturated carbocycles. The third kappa shape index (κ3) is 2.21. The van der Waals surface area contributed by atoms with E-state index >= 15 is 0 Å². The van der Waals surface area contributed by atoms with Gasteiger partial charge in [0, 0.05) is 31.5 Å². The Morgan fingerprint density at radius 1 is 1.67 bits per heavy atom. The van der Waals surface area contributed by atoms with Gasteiger partial charge in [-0.15, -0.1) is 0 Å². The molecule has 15 heavy (non-hydrogen) atoms. The van der Waals surface area contributed by atoms with E-state index in [2.05, 4.69) is 16.5 Å². The number of hydrogen-bond donors (Lipinski definition) is 1. The Bertz CT molecular complexity index is 311. The Balaban J connectivity index is 2.15. The van der Waals surface area contributed by atoms with Crippen LogP contribution in [0.2, 0.25) is 0 Å². The number of hydrogen-bond acceptors (Lipinski definition) is 3. The molecule has 1 aliphatic rings. The second kappa shape index (κ2) is 4.77. The van der Waals surface area contributed by atoms with Gasteiger partial charge in [0.05, 0.1) is 12.6 Å². The maximum absolute atomic E-state index is 6.11. The van der Waals surface area contributed by atoms with Gasteiger partial charge in [-0.2, -0.15) is 0 Å². The summed E-state index contributed by atoms with van der Waals surface area (Å²) in [5.41, 5.74) is 6.11. The summed E-state index contributed by atoms with van der Waals surface area (Å²) < 4.78 is 7.67. The predicted molar refractivity (Wildman–Crippen MR) is 58.7 cm³/mol. The molecule has 2 unspecified atom stereocenters. The Hall–Kier alpha value is -0.870. The van der Waals surface area contributed by atoms with Crippen molar-refractivity contribution in [2.75, 3.05) is 13.2 Å². The SMILES string of the molecule is CCCc1nccn1C1COCCC1N. The van der Waals surface area contributed by atoms with Gasteiger partial charge in [-0.05, 0) is 12.8 Å². The molecule has 0 bridgehead atoms. The van der Waals surface area contributed by atoms with Crippen LogP contribution in [-0.4, -0.2) is 28.8 Å². The van der Waals surface area contributed by atoms with Crippen LogP contribution in [0, 0.1) is 0 Å². The van der Waals surface area contributed by atoms with Gasteiger partial charge in [0.2, 0.25) is 0 Å². The van der Waals surface area contributed by atoms with Gasteiger partial charge in [-0.25, -0.2) is 4.98 Å². The molecule has 4 heteroatoms. The molecule has 84 valence electrons. The average Bonchev–Trinajstić information content (AvgIpc) is 2.67. The molecule has 1 saturated heterocycles. The second-order valence-corrected chi connectivity index (χ2v) is 4.10. The lowest BCUT2D eigenvalue weighted by Gasteiger charge is -2.30. The first-order chi connectivity index (χ1) is 7.33. The average molecular weight is 209 g/mol. The molecule has 0 amide bonds. The van der Waals surface area contributed by atoms with Crippen molar-refractivity contribution in [2.24, 2.45) is 5.73 Å². The zero-order chi connectivity index (χ0) is 10.7. The summed E-state index contributed by atoms with van der Waals surface area (Å²) in [6.45, 7) is 3.67. The van der Waals surface area contributed by atoms with E-state index in [1.54, 1.807) is 0 Å². The maximum atomic E-state index is 6.11. The van der Waals surface area contributed by atoms with Crippen molar-refractivity contribution in [1.29, 1.82) is 0 Å². The van der Waals surface area contributed by atoms with Crippen molar-refractivity contribution in [2.45, 2.75) is 38.3 Å². The number of aromatic nitrogens is 2. The van der Waals surface area contributed by atoms with Crippen molar-refractivity contribution in [3.8, 4) is 0 Å². The predicted octanol–water partition coefficient (Wildman–Crippen LogP) is 1.12. The van der Waals surface area contributed by atoms with Gasteiger partial charge in [0.15, 0.2) is 0 Å². The van der Waals surface area contributed by atoms with Crippen molar-refractivity contribution < 1.29 is 4.74 Å². The lowest BCUT2D eigenvalue weighted by Crippen LogP contribution is -2.40. The van der Waals surface area contributed by atoms with Crippen LogP contribution in [0.15, 0.2) is 12.4 Å². The van der Waals surface area contributed by atoms with Crippen LogP contribution in [0.1, 0.15) is 31.6 Å². The van der Waals surface area contributed by atoms with E-state index in [1.165, 1.54) is 0 Å². The minimum atomic E-state index is 0.198. The third-order valence-electron chi connectivity index (χ3n) is 2.96. The summed E-state index contributed by atoms with van der Waals surface area (Å²) in [6.07, 6.45) is 6.93. The maximum Gasteiger partial charge on any atom is 0.109 e. The molecule has 1 fully saturated rings. The first-order valence-electron chi connectivity index (χ1n) is 5.68. The van der Waals surface area contributed by atoms with Gasteiger partial charge in [0.1, 0.15) is 5.82 Å². The molecule has 1 aliphatic heterocycles. The lowest BCUT2D eigenvalue weighted by molar-refractivity contribution is 0.0458. The van der Waals surface area contributed by atoms with Crippen LogP contribution in [0.3, 0.4) is 0 Å². The Kier molecular flexibility index (Phi) is 3.38. The molecule has 2 heterocycles. The van der Waals surface area contributed by atoms with E-state index in [-0.39, 0.29) is 12.1 Å². The van der Waals surface area contributed by atoms with Crippen molar-refractivity contribution >= 4 is 0 Å². The highest BCUT2D eigenvalue weighted by atomic mass is 16.5. The number of rotatable bonds is 3. The third-order valence-corrected chi connectivity index (χ3v) is 2.96. The lowest BCUT2D eigenvalue weighted by atomic mass is 10.0. The second-order valence-electron chi connectivity index (χ2n) is 4.10. The molecule has 4 nitrogen and oxygen atoms in total. The van der Waals surface area contributed by atoms with E-state index in [1.807, 2.05) is 12.4 Å². The molecule has 0 radical (unpaired) electrons. The monoisotopic (exact) mass is 209 g/mol. The van der Waals surface area contributed by atoms with E-state index in [0.717, 1.165) is 31.7 Å². The van der Waals surface area contributed by atoms with Crippen LogP contribution in [-0.2, 0) is 11.2 Å². The molecule has 1 aromatic heterocycles. The molecular formula is C11H19N3O. The van der Waals surface area contributed by atoms with Crippen LogP contribution in [0.5, 0.6) is 0 Å². The smallest absolute Gasteiger partial charge is 0.109 e. The van der Waals surface area contributed by atoms with Gasteiger partial charge in [-0.3, -0.25) is 0 Å². The first-order valence-corrected chi connectivity index (χ1v) is 5.68. The summed E-state index contributed by atoms with van der Waals surface area (Å²) in [7, 11) is 0. The zero-order valence-corrected chi connectivity index (χ0v) is 9.22. The fraction of sp³-hybridized carbons (Fsp3) is 0.727. The van der Waals surface area contributed by atoms with E-state index in [9.17, 15) is 0 Å². The fourth-order valence-electron chi connectivity index (χ4n) is 2.09. The molecule has 0 aromatic carbocycles. The summed E-state index contributed by atoms with van der Waals surface area (Å²) in [5, 5.41) is 0. The topological polar surface area (TPSA) is 53.1 Å². The zero-order valence-electron chi connectivity index (χ0n) is 9.22. The number of ether oxygens (including phenoxy) is 1. The van der Waals surface area contributed by atoms with Gasteiger partial charge in [0.25, 0.3) is 0 Å². The highest BCUT2D eigenvalue weighted by Gasteiger charge is 2.25. The van der Waals surface area contributed by atoms with E-state index < -0.39 is 0 Å². The van der Waals surface area contributed by atoms with Crippen molar-refractivity contribution in [3.05, 3.63) is 18.2 Å². The highest BCUT2D eigenvalue weighted by molar-refractivity contribution is 4.98. The quantitative estimate of drug-likeness (QED) is 0.811. The summed E-state index contributed by atoms with van der Waals surface area (Å²) in [4.78, 5) is 4.37. The fourth-order valence-corrected chi connectivity index (χ4v) is 2.09. The number of nitrogens with two attached hydrogens (primary N) is 1. The highest BCUT2D eigenvalue weighted by Crippen LogP contribution is 2.20. The van der Waals surface area contributed by atoms with Crippen LogP contribution >= 0.6 is 0 Å². The van der Waals surface area contributed by atoms with Crippen LogP contribution < -0.4 is 5.73 Å². The largest absolute Gasteiger partial charge is 0.379 e. The van der Waals surface area contributed by atoms with E-state index in [4.69, 9.17) is 10.5 Å². The molecule has 2 N–H and O–H groups in total. The standard InChI is InChI=1S/C11H19N3O/c1-2-3-11-13-5-6-14(11)10-8-15-7-4-9(10)12/h5-6,9-10H,2-4,7-8,12H2,1H3. The first kappa shape index (κ1) is 10.6. The molecule has 1 aromatic rings. The molecule has 0 aliphatic carbocycles. The van der Waals surface area contributed by atoms with Gasteiger partial charge in [-0.1, -0.05) is 6.92 Å². The molecule has 2 rings (SSSR count). The molecular weight excluding hydrogens is 190 g/mol. The number of imidazole rings is 1. The summed E-state index contributed by atoms with van der Waals surface area (Å²) in [5.74, 6) is 1.13.